The molecule has 1 aliphatic rings. The van der Waals surface area contributed by atoms with Gasteiger partial charge in [0.25, 0.3) is 0 Å². The summed E-state index contributed by atoms with van der Waals surface area (Å²) in [7, 11) is 0. The molecule has 0 N–H and O–H groups in total. The van der Waals surface area contributed by atoms with Crippen molar-refractivity contribution < 1.29 is 4.79 Å². The van der Waals surface area contributed by atoms with Gasteiger partial charge in [0.1, 0.15) is 6.54 Å². The molecule has 0 bridgehead atoms. The number of hydrogen-bond donors (Lipinski definition) is 0. The van der Waals surface area contributed by atoms with Gasteiger partial charge in [-0.2, -0.15) is 5.26 Å². The first kappa shape index (κ1) is 15.0. The summed E-state index contributed by atoms with van der Waals surface area (Å²) in [5.41, 5.74) is 0.143. The maximum absolute atomic E-state index is 12.4. The topological polar surface area (TPSA) is 44.1 Å². The summed E-state index contributed by atoms with van der Waals surface area (Å²) in [6, 6.07) is 2.45. The average Bonchev–Trinajstić information content (AvgIpc) is 2.77. The van der Waals surface area contributed by atoms with E-state index in [0.29, 0.717) is 18.4 Å². The molecule has 1 saturated carbocycles. The zero-order valence-corrected chi connectivity index (χ0v) is 12.2. The lowest BCUT2D eigenvalue weighted by atomic mass is 9.80. The fraction of sp³-hybridized carbons (Fsp3) is 0.867. The third-order valence-corrected chi connectivity index (χ3v) is 4.29. The van der Waals surface area contributed by atoms with E-state index in [9.17, 15) is 4.79 Å². The Morgan fingerprint density at radius 3 is 2.39 bits per heavy atom. The molecule has 0 spiro atoms. The molecule has 1 atom stereocenters. The van der Waals surface area contributed by atoms with E-state index in [2.05, 4.69) is 33.8 Å². The maximum atomic E-state index is 12.4. The van der Waals surface area contributed by atoms with Crippen LogP contribution in [0.1, 0.15) is 59.8 Å². The van der Waals surface area contributed by atoms with Crippen molar-refractivity contribution in [1.29, 1.82) is 5.26 Å². The minimum atomic E-state index is 0.143. The molecule has 1 rings (SSSR count). The Morgan fingerprint density at radius 2 is 1.94 bits per heavy atom. The van der Waals surface area contributed by atoms with Crippen LogP contribution in [0.2, 0.25) is 0 Å². The number of hydrogen-bond acceptors (Lipinski definition) is 2. The molecular weight excluding hydrogens is 224 g/mol. The van der Waals surface area contributed by atoms with Crippen LogP contribution in [0.3, 0.4) is 0 Å². The van der Waals surface area contributed by atoms with E-state index in [1.54, 1.807) is 0 Å². The summed E-state index contributed by atoms with van der Waals surface area (Å²) in [6.45, 7) is 8.86. The molecule has 0 aromatic carbocycles. The number of carbonyl (C=O) groups excluding carboxylic acids is 1. The second-order valence-electron chi connectivity index (χ2n) is 6.59. The summed E-state index contributed by atoms with van der Waals surface area (Å²) in [4.78, 5) is 14.2. The molecule has 1 amide bonds. The quantitative estimate of drug-likeness (QED) is 0.718. The summed E-state index contributed by atoms with van der Waals surface area (Å²) in [5.74, 6) is 0.499. The summed E-state index contributed by atoms with van der Waals surface area (Å²) in [6.07, 6.45) is 5.07. The van der Waals surface area contributed by atoms with Crippen LogP contribution in [0.25, 0.3) is 0 Å². The molecular formula is C15H26N2O. The molecule has 18 heavy (non-hydrogen) atoms. The van der Waals surface area contributed by atoms with Gasteiger partial charge in [0.15, 0.2) is 0 Å². The smallest absolute Gasteiger partial charge is 0.223 e. The number of nitriles is 1. The Hall–Kier alpha value is -1.04. The second-order valence-corrected chi connectivity index (χ2v) is 6.59. The molecule has 0 aromatic rings. The van der Waals surface area contributed by atoms with Gasteiger partial charge in [-0.3, -0.25) is 4.79 Å². The highest BCUT2D eigenvalue weighted by Crippen LogP contribution is 2.30. The van der Waals surface area contributed by atoms with Gasteiger partial charge in [0.2, 0.25) is 5.91 Å². The SMILES string of the molecule is CC(CC(=O)N(CC#N)C1CCCC1)C(C)(C)C. The number of rotatable bonds is 4. The predicted octanol–water partition coefficient (Wildman–Crippen LogP) is 3.35. The zero-order chi connectivity index (χ0) is 13.8. The fourth-order valence-corrected chi connectivity index (χ4v) is 2.40. The molecule has 1 unspecified atom stereocenters. The molecule has 1 fully saturated rings. The van der Waals surface area contributed by atoms with Crippen LogP contribution in [0.5, 0.6) is 0 Å². The fourth-order valence-electron chi connectivity index (χ4n) is 2.40. The predicted molar refractivity (Wildman–Crippen MR) is 72.8 cm³/mol. The Labute approximate surface area is 111 Å². The summed E-state index contributed by atoms with van der Waals surface area (Å²) >= 11 is 0. The van der Waals surface area contributed by atoms with Gasteiger partial charge in [0.05, 0.1) is 6.07 Å². The molecule has 3 nitrogen and oxygen atoms in total. The van der Waals surface area contributed by atoms with E-state index < -0.39 is 0 Å². The van der Waals surface area contributed by atoms with Crippen LogP contribution in [0.4, 0.5) is 0 Å². The first-order valence-electron chi connectivity index (χ1n) is 7.02. The van der Waals surface area contributed by atoms with E-state index in [-0.39, 0.29) is 17.9 Å². The van der Waals surface area contributed by atoms with E-state index in [1.807, 2.05) is 4.90 Å². The van der Waals surface area contributed by atoms with Crippen molar-refractivity contribution in [2.45, 2.75) is 65.8 Å². The monoisotopic (exact) mass is 250 g/mol. The van der Waals surface area contributed by atoms with Crippen LogP contribution < -0.4 is 0 Å². The van der Waals surface area contributed by atoms with E-state index >= 15 is 0 Å². The Bertz CT molecular complexity index is 318. The van der Waals surface area contributed by atoms with Crippen LogP contribution in [0, 0.1) is 22.7 Å². The van der Waals surface area contributed by atoms with Gasteiger partial charge in [-0.25, -0.2) is 0 Å². The van der Waals surface area contributed by atoms with Gasteiger partial charge in [-0.1, -0.05) is 40.5 Å². The van der Waals surface area contributed by atoms with Gasteiger partial charge in [0, 0.05) is 12.5 Å². The minimum absolute atomic E-state index is 0.143. The lowest BCUT2D eigenvalue weighted by Crippen LogP contribution is -2.40. The molecule has 102 valence electrons. The molecule has 0 radical (unpaired) electrons. The average molecular weight is 250 g/mol. The van der Waals surface area contributed by atoms with Gasteiger partial charge >= 0.3 is 0 Å². The Kier molecular flexibility index (Phi) is 5.19. The number of amides is 1. The van der Waals surface area contributed by atoms with Crippen LogP contribution in [0.15, 0.2) is 0 Å². The van der Waals surface area contributed by atoms with Crippen molar-refractivity contribution in [2.24, 2.45) is 11.3 Å². The zero-order valence-electron chi connectivity index (χ0n) is 12.2. The highest BCUT2D eigenvalue weighted by molar-refractivity contribution is 5.77. The first-order chi connectivity index (χ1) is 8.36. The van der Waals surface area contributed by atoms with Crippen LogP contribution >= 0.6 is 0 Å². The standard InChI is InChI=1S/C15H26N2O/c1-12(15(2,3)4)11-14(18)17(10-9-16)13-7-5-6-8-13/h12-13H,5-8,10-11H2,1-4H3. The van der Waals surface area contributed by atoms with Crippen molar-refractivity contribution >= 4 is 5.91 Å². The van der Waals surface area contributed by atoms with Crippen molar-refractivity contribution in [3.05, 3.63) is 0 Å². The number of nitrogens with zero attached hydrogens (tertiary/aromatic N) is 2. The van der Waals surface area contributed by atoms with Crippen molar-refractivity contribution in [1.82, 2.24) is 4.90 Å². The van der Waals surface area contributed by atoms with Crippen molar-refractivity contribution in [2.75, 3.05) is 6.54 Å². The van der Waals surface area contributed by atoms with E-state index in [1.165, 1.54) is 12.8 Å². The minimum Gasteiger partial charge on any atom is -0.326 e. The van der Waals surface area contributed by atoms with Crippen molar-refractivity contribution in [3.8, 4) is 6.07 Å². The summed E-state index contributed by atoms with van der Waals surface area (Å²) in [5, 5.41) is 8.90. The molecule has 0 aliphatic heterocycles. The molecule has 0 heterocycles. The first-order valence-corrected chi connectivity index (χ1v) is 7.02. The molecule has 1 aliphatic carbocycles. The highest BCUT2D eigenvalue weighted by Gasteiger charge is 2.29. The van der Waals surface area contributed by atoms with Gasteiger partial charge in [-0.15, -0.1) is 0 Å². The second kappa shape index (κ2) is 6.22. The van der Waals surface area contributed by atoms with Gasteiger partial charge < -0.3 is 4.90 Å². The van der Waals surface area contributed by atoms with Gasteiger partial charge in [-0.05, 0) is 24.2 Å². The van der Waals surface area contributed by atoms with Crippen molar-refractivity contribution in [3.63, 3.8) is 0 Å². The van der Waals surface area contributed by atoms with Crippen LogP contribution in [-0.2, 0) is 4.79 Å². The lowest BCUT2D eigenvalue weighted by Gasteiger charge is -2.31. The Morgan fingerprint density at radius 1 is 1.39 bits per heavy atom. The summed E-state index contributed by atoms with van der Waals surface area (Å²) < 4.78 is 0. The van der Waals surface area contributed by atoms with E-state index in [0.717, 1.165) is 12.8 Å². The third-order valence-electron chi connectivity index (χ3n) is 4.29. The Balaban J connectivity index is 2.63. The molecule has 0 saturated heterocycles. The largest absolute Gasteiger partial charge is 0.326 e. The number of carbonyl (C=O) groups is 1. The molecule has 3 heteroatoms. The lowest BCUT2D eigenvalue weighted by molar-refractivity contribution is -0.134. The van der Waals surface area contributed by atoms with E-state index in [4.69, 9.17) is 5.26 Å². The highest BCUT2D eigenvalue weighted by atomic mass is 16.2. The maximum Gasteiger partial charge on any atom is 0.223 e. The molecule has 0 aromatic heterocycles. The van der Waals surface area contributed by atoms with Crippen LogP contribution in [-0.4, -0.2) is 23.4 Å². The normalized spacial score (nSPS) is 18.4. The third kappa shape index (κ3) is 4.01.